The maximum absolute atomic E-state index is 12.0. The smallest absolute Gasteiger partial charge is 0.230 e. The van der Waals surface area contributed by atoms with E-state index in [0.717, 1.165) is 11.3 Å². The number of aryl methyl sites for hydroxylation is 1. The fourth-order valence-electron chi connectivity index (χ4n) is 1.97. The van der Waals surface area contributed by atoms with Gasteiger partial charge in [0.2, 0.25) is 5.91 Å². The van der Waals surface area contributed by atoms with Crippen molar-refractivity contribution in [3.63, 3.8) is 0 Å². The number of carbonyl (C=O) groups excluding carboxylic acids is 1. The average molecular weight is 258 g/mol. The molecule has 0 aliphatic rings. The molecule has 1 amide bonds. The fraction of sp³-hybridized carbons (Fsp3) is 0.333. The zero-order valence-electron chi connectivity index (χ0n) is 11.4. The summed E-state index contributed by atoms with van der Waals surface area (Å²) in [5.74, 6) is 0.998. The molecule has 0 unspecified atom stereocenters. The molecular formula is C15H18N2O2. The molecule has 100 valence electrons. The first kappa shape index (κ1) is 13.3. The summed E-state index contributed by atoms with van der Waals surface area (Å²) < 4.78 is 4.95. The molecule has 0 radical (unpaired) electrons. The molecule has 2 aromatic rings. The highest BCUT2D eigenvalue weighted by atomic mass is 16.5. The van der Waals surface area contributed by atoms with Crippen molar-refractivity contribution in [2.75, 3.05) is 5.32 Å². The van der Waals surface area contributed by atoms with Crippen LogP contribution in [0.1, 0.15) is 36.8 Å². The van der Waals surface area contributed by atoms with Crippen molar-refractivity contribution in [1.29, 1.82) is 0 Å². The Bertz CT molecular complexity index is 573. The molecule has 0 saturated carbocycles. The van der Waals surface area contributed by atoms with E-state index in [1.165, 1.54) is 0 Å². The highest BCUT2D eigenvalue weighted by molar-refractivity contribution is 5.92. The van der Waals surface area contributed by atoms with Crippen LogP contribution < -0.4 is 5.32 Å². The molecule has 0 aliphatic carbocycles. The average Bonchev–Trinajstić information content (AvgIpc) is 2.75. The second kappa shape index (κ2) is 5.69. The van der Waals surface area contributed by atoms with Crippen LogP contribution in [0.4, 0.5) is 5.69 Å². The van der Waals surface area contributed by atoms with E-state index in [1.54, 1.807) is 6.07 Å². The Kier molecular flexibility index (Phi) is 4.00. The maximum Gasteiger partial charge on any atom is 0.230 e. The van der Waals surface area contributed by atoms with Crippen molar-refractivity contribution in [2.45, 2.75) is 33.1 Å². The highest BCUT2D eigenvalue weighted by Crippen LogP contribution is 2.23. The standard InChI is InChI=1S/C15H18N2O2/c1-10(2)13-6-4-5-7-14(13)16-15(18)9-12-8-11(3)19-17-12/h4-8,10H,9H2,1-3H3,(H,16,18). The molecular weight excluding hydrogens is 240 g/mol. The molecule has 4 heteroatoms. The molecule has 1 heterocycles. The van der Waals surface area contributed by atoms with Gasteiger partial charge < -0.3 is 9.84 Å². The largest absolute Gasteiger partial charge is 0.361 e. The van der Waals surface area contributed by atoms with Gasteiger partial charge in [0.15, 0.2) is 0 Å². The molecule has 0 spiro atoms. The fourth-order valence-corrected chi connectivity index (χ4v) is 1.97. The van der Waals surface area contributed by atoms with E-state index in [0.29, 0.717) is 17.4 Å². The number of anilines is 1. The van der Waals surface area contributed by atoms with Gasteiger partial charge in [-0.1, -0.05) is 37.2 Å². The first-order valence-electron chi connectivity index (χ1n) is 6.37. The Labute approximate surface area is 112 Å². The quantitative estimate of drug-likeness (QED) is 0.915. The van der Waals surface area contributed by atoms with E-state index >= 15 is 0 Å². The van der Waals surface area contributed by atoms with Gasteiger partial charge in [0.05, 0.1) is 12.1 Å². The van der Waals surface area contributed by atoms with Crippen LogP contribution in [0.15, 0.2) is 34.9 Å². The van der Waals surface area contributed by atoms with Crippen molar-refractivity contribution in [2.24, 2.45) is 0 Å². The van der Waals surface area contributed by atoms with Crippen molar-refractivity contribution in [3.8, 4) is 0 Å². The Hall–Kier alpha value is -2.10. The first-order chi connectivity index (χ1) is 9.06. The number of nitrogens with zero attached hydrogens (tertiary/aromatic N) is 1. The number of para-hydroxylation sites is 1. The van der Waals surface area contributed by atoms with Gasteiger partial charge in [-0.05, 0) is 24.5 Å². The molecule has 1 N–H and O–H groups in total. The van der Waals surface area contributed by atoms with E-state index in [9.17, 15) is 4.79 Å². The summed E-state index contributed by atoms with van der Waals surface area (Å²) in [5, 5.41) is 6.75. The van der Waals surface area contributed by atoms with Crippen LogP contribution in [0.2, 0.25) is 0 Å². The summed E-state index contributed by atoms with van der Waals surface area (Å²) in [4.78, 5) is 12.0. The minimum absolute atomic E-state index is 0.0820. The Morgan fingerprint density at radius 1 is 1.37 bits per heavy atom. The summed E-state index contributed by atoms with van der Waals surface area (Å²) in [7, 11) is 0. The number of aromatic nitrogens is 1. The minimum Gasteiger partial charge on any atom is -0.361 e. The number of nitrogens with one attached hydrogen (secondary N) is 1. The molecule has 0 saturated heterocycles. The molecule has 0 bridgehead atoms. The molecule has 0 aliphatic heterocycles. The van der Waals surface area contributed by atoms with Crippen LogP contribution in [0.25, 0.3) is 0 Å². The summed E-state index contributed by atoms with van der Waals surface area (Å²) in [5.41, 5.74) is 2.65. The van der Waals surface area contributed by atoms with Gasteiger partial charge >= 0.3 is 0 Å². The van der Waals surface area contributed by atoms with Gasteiger partial charge in [0, 0.05) is 11.8 Å². The van der Waals surface area contributed by atoms with Gasteiger partial charge in [-0.2, -0.15) is 0 Å². The molecule has 1 aromatic carbocycles. The van der Waals surface area contributed by atoms with E-state index in [4.69, 9.17) is 4.52 Å². The molecule has 0 fully saturated rings. The number of amides is 1. The normalized spacial score (nSPS) is 10.7. The SMILES string of the molecule is Cc1cc(CC(=O)Nc2ccccc2C(C)C)no1. The van der Waals surface area contributed by atoms with Crippen molar-refractivity contribution >= 4 is 11.6 Å². The van der Waals surface area contributed by atoms with Gasteiger partial charge in [-0.3, -0.25) is 4.79 Å². The van der Waals surface area contributed by atoms with Crippen LogP contribution in [0.5, 0.6) is 0 Å². The summed E-state index contributed by atoms with van der Waals surface area (Å²) in [6.07, 6.45) is 0.226. The van der Waals surface area contributed by atoms with E-state index in [-0.39, 0.29) is 12.3 Å². The number of rotatable bonds is 4. The minimum atomic E-state index is -0.0820. The number of benzene rings is 1. The summed E-state index contributed by atoms with van der Waals surface area (Å²) >= 11 is 0. The lowest BCUT2D eigenvalue weighted by Gasteiger charge is -2.13. The van der Waals surface area contributed by atoms with Crippen molar-refractivity contribution < 1.29 is 9.32 Å². The van der Waals surface area contributed by atoms with Crippen LogP contribution in [-0.2, 0) is 11.2 Å². The third kappa shape index (κ3) is 3.44. The van der Waals surface area contributed by atoms with Crippen LogP contribution in [0, 0.1) is 6.92 Å². The predicted molar refractivity (Wildman–Crippen MR) is 74.1 cm³/mol. The van der Waals surface area contributed by atoms with Crippen molar-refractivity contribution in [3.05, 3.63) is 47.3 Å². The Morgan fingerprint density at radius 3 is 2.74 bits per heavy atom. The third-order valence-electron chi connectivity index (χ3n) is 2.88. The highest BCUT2D eigenvalue weighted by Gasteiger charge is 2.11. The van der Waals surface area contributed by atoms with E-state index in [1.807, 2.05) is 31.2 Å². The third-order valence-corrected chi connectivity index (χ3v) is 2.88. The van der Waals surface area contributed by atoms with Crippen LogP contribution in [-0.4, -0.2) is 11.1 Å². The Balaban J connectivity index is 2.07. The van der Waals surface area contributed by atoms with Gasteiger partial charge in [0.1, 0.15) is 5.76 Å². The lowest BCUT2D eigenvalue weighted by molar-refractivity contribution is -0.115. The Morgan fingerprint density at radius 2 is 2.11 bits per heavy atom. The number of carbonyl (C=O) groups is 1. The zero-order valence-corrected chi connectivity index (χ0v) is 11.4. The van der Waals surface area contributed by atoms with Crippen LogP contribution in [0.3, 0.4) is 0 Å². The lowest BCUT2D eigenvalue weighted by Crippen LogP contribution is -2.16. The first-order valence-corrected chi connectivity index (χ1v) is 6.37. The summed E-state index contributed by atoms with van der Waals surface area (Å²) in [6.45, 7) is 6.01. The predicted octanol–water partition coefficient (Wildman–Crippen LogP) is 3.29. The van der Waals surface area contributed by atoms with Gasteiger partial charge in [0.25, 0.3) is 0 Å². The second-order valence-corrected chi connectivity index (χ2v) is 4.90. The molecule has 0 atom stereocenters. The van der Waals surface area contributed by atoms with Gasteiger partial charge in [-0.15, -0.1) is 0 Å². The maximum atomic E-state index is 12.0. The number of hydrogen-bond donors (Lipinski definition) is 1. The topological polar surface area (TPSA) is 55.1 Å². The molecule has 2 rings (SSSR count). The van der Waals surface area contributed by atoms with E-state index < -0.39 is 0 Å². The molecule has 19 heavy (non-hydrogen) atoms. The van der Waals surface area contributed by atoms with Crippen molar-refractivity contribution in [1.82, 2.24) is 5.16 Å². The van der Waals surface area contributed by atoms with Crippen LogP contribution >= 0.6 is 0 Å². The zero-order chi connectivity index (χ0) is 13.8. The molecule has 4 nitrogen and oxygen atoms in total. The summed E-state index contributed by atoms with van der Waals surface area (Å²) in [6, 6.07) is 9.61. The van der Waals surface area contributed by atoms with E-state index in [2.05, 4.69) is 24.3 Å². The number of hydrogen-bond acceptors (Lipinski definition) is 3. The lowest BCUT2D eigenvalue weighted by atomic mass is 10.0. The molecule has 1 aromatic heterocycles. The second-order valence-electron chi connectivity index (χ2n) is 4.90. The monoisotopic (exact) mass is 258 g/mol. The van der Waals surface area contributed by atoms with Gasteiger partial charge in [-0.25, -0.2) is 0 Å².